The lowest BCUT2D eigenvalue weighted by atomic mass is 10.00. The molecule has 0 bridgehead atoms. The predicted octanol–water partition coefficient (Wildman–Crippen LogP) is 2.78. The molecule has 76 valence electrons. The van der Waals surface area contributed by atoms with Crippen LogP contribution in [0.15, 0.2) is 11.1 Å². The van der Waals surface area contributed by atoms with Crippen molar-refractivity contribution in [2.24, 2.45) is 5.73 Å². The molecule has 0 fully saturated rings. The molecule has 1 amide bonds. The molecule has 0 aromatic heterocycles. The molecule has 0 saturated heterocycles. The topological polar surface area (TPSA) is 43.1 Å². The molecule has 0 unspecified atom stereocenters. The number of carbonyl (C=O) groups excluding carboxylic acids is 1. The quantitative estimate of drug-likeness (QED) is 0.499. The Hall–Kier alpha value is -0.790. The Morgan fingerprint density at radius 1 is 1.23 bits per heavy atom. The lowest BCUT2D eigenvalue weighted by Crippen LogP contribution is -2.13. The fraction of sp³-hybridized carbons (Fsp3) is 0.727. The lowest BCUT2D eigenvalue weighted by Gasteiger charge is -2.07. The van der Waals surface area contributed by atoms with Crippen LogP contribution < -0.4 is 5.73 Å². The molecule has 0 radical (unpaired) electrons. The number of amides is 1. The van der Waals surface area contributed by atoms with Gasteiger partial charge >= 0.3 is 0 Å². The number of hydrogen-bond donors (Lipinski definition) is 1. The highest BCUT2D eigenvalue weighted by atomic mass is 16.1. The molecule has 2 heteroatoms. The monoisotopic (exact) mass is 183 g/mol. The van der Waals surface area contributed by atoms with Gasteiger partial charge in [-0.05, 0) is 26.2 Å². The summed E-state index contributed by atoms with van der Waals surface area (Å²) in [6.45, 7) is 6.08. The first-order valence-electron chi connectivity index (χ1n) is 5.11. The van der Waals surface area contributed by atoms with E-state index in [1.54, 1.807) is 0 Å². The Labute approximate surface area is 81.2 Å². The molecule has 0 aliphatic carbocycles. The van der Waals surface area contributed by atoms with Crippen molar-refractivity contribution in [1.82, 2.24) is 0 Å². The molecule has 0 aromatic carbocycles. The first-order valence-corrected chi connectivity index (χ1v) is 5.11. The fourth-order valence-electron chi connectivity index (χ4n) is 1.39. The zero-order valence-corrected chi connectivity index (χ0v) is 9.02. The Balaban J connectivity index is 4.15. The summed E-state index contributed by atoms with van der Waals surface area (Å²) in [7, 11) is 0. The molecule has 0 rings (SSSR count). The van der Waals surface area contributed by atoms with Crippen LogP contribution in [0.4, 0.5) is 0 Å². The van der Waals surface area contributed by atoms with Gasteiger partial charge < -0.3 is 5.73 Å². The van der Waals surface area contributed by atoms with Crippen molar-refractivity contribution in [3.05, 3.63) is 11.1 Å². The lowest BCUT2D eigenvalue weighted by molar-refractivity contribution is -0.114. The first-order chi connectivity index (χ1) is 6.13. The van der Waals surface area contributed by atoms with Gasteiger partial charge in [0.15, 0.2) is 0 Å². The van der Waals surface area contributed by atoms with Crippen molar-refractivity contribution in [2.75, 3.05) is 0 Å². The summed E-state index contributed by atoms with van der Waals surface area (Å²) < 4.78 is 0. The second-order valence-corrected chi connectivity index (χ2v) is 3.40. The summed E-state index contributed by atoms with van der Waals surface area (Å²) in [5.41, 5.74) is 7.21. The molecule has 2 N–H and O–H groups in total. The maximum Gasteiger partial charge on any atom is 0.244 e. The van der Waals surface area contributed by atoms with Gasteiger partial charge in [-0.3, -0.25) is 4.79 Å². The van der Waals surface area contributed by atoms with Crippen molar-refractivity contribution >= 4 is 5.91 Å². The molecule has 0 heterocycles. The molecule has 13 heavy (non-hydrogen) atoms. The average Bonchev–Trinajstić information content (AvgIpc) is 2.11. The third-order valence-electron chi connectivity index (χ3n) is 2.41. The maximum atomic E-state index is 10.9. The standard InChI is InChI=1S/C11H21NO/c1-4-6-7-8-10(5-2)9(3)11(12)13/h4-8H2,1-3H3,(H2,12,13)/b10-9-. The van der Waals surface area contributed by atoms with Crippen LogP contribution >= 0.6 is 0 Å². The van der Waals surface area contributed by atoms with Crippen molar-refractivity contribution in [2.45, 2.75) is 52.9 Å². The van der Waals surface area contributed by atoms with Crippen LogP contribution in [-0.4, -0.2) is 5.91 Å². The Morgan fingerprint density at radius 3 is 2.23 bits per heavy atom. The van der Waals surface area contributed by atoms with Crippen LogP contribution in [0.1, 0.15) is 52.9 Å². The van der Waals surface area contributed by atoms with E-state index in [1.165, 1.54) is 24.8 Å². The summed E-state index contributed by atoms with van der Waals surface area (Å²) >= 11 is 0. The van der Waals surface area contributed by atoms with Crippen LogP contribution in [0.5, 0.6) is 0 Å². The highest BCUT2D eigenvalue weighted by Crippen LogP contribution is 2.16. The Kier molecular flexibility index (Phi) is 6.29. The van der Waals surface area contributed by atoms with E-state index in [2.05, 4.69) is 13.8 Å². The van der Waals surface area contributed by atoms with Crippen LogP contribution in [-0.2, 0) is 4.79 Å². The van der Waals surface area contributed by atoms with E-state index in [1.807, 2.05) is 6.92 Å². The first kappa shape index (κ1) is 12.2. The minimum Gasteiger partial charge on any atom is -0.366 e. The number of nitrogens with two attached hydrogens (primary N) is 1. The molecular weight excluding hydrogens is 162 g/mol. The summed E-state index contributed by atoms with van der Waals surface area (Å²) in [5.74, 6) is -0.270. The highest BCUT2D eigenvalue weighted by molar-refractivity contribution is 5.92. The van der Waals surface area contributed by atoms with Crippen LogP contribution in [0.25, 0.3) is 0 Å². The largest absolute Gasteiger partial charge is 0.366 e. The number of hydrogen-bond acceptors (Lipinski definition) is 1. The second kappa shape index (κ2) is 6.70. The molecule has 2 nitrogen and oxygen atoms in total. The molecule has 0 aliphatic rings. The van der Waals surface area contributed by atoms with Crippen molar-refractivity contribution < 1.29 is 4.79 Å². The molecule has 0 atom stereocenters. The van der Waals surface area contributed by atoms with Gasteiger partial charge in [-0.1, -0.05) is 32.3 Å². The summed E-state index contributed by atoms with van der Waals surface area (Å²) in [5, 5.41) is 0. The highest BCUT2D eigenvalue weighted by Gasteiger charge is 2.04. The van der Waals surface area contributed by atoms with E-state index >= 15 is 0 Å². The van der Waals surface area contributed by atoms with Gasteiger partial charge in [0.25, 0.3) is 0 Å². The van der Waals surface area contributed by atoms with Crippen molar-refractivity contribution in [3.8, 4) is 0 Å². The van der Waals surface area contributed by atoms with E-state index in [-0.39, 0.29) is 5.91 Å². The Morgan fingerprint density at radius 2 is 1.85 bits per heavy atom. The third kappa shape index (κ3) is 4.71. The normalized spacial score (nSPS) is 12.5. The summed E-state index contributed by atoms with van der Waals surface area (Å²) in [6, 6.07) is 0. The van der Waals surface area contributed by atoms with Gasteiger partial charge in [-0.25, -0.2) is 0 Å². The number of rotatable bonds is 6. The number of unbranched alkanes of at least 4 members (excludes halogenated alkanes) is 2. The molecule has 0 saturated carbocycles. The summed E-state index contributed by atoms with van der Waals surface area (Å²) in [4.78, 5) is 10.9. The van der Waals surface area contributed by atoms with E-state index in [0.717, 1.165) is 18.4 Å². The molecule has 0 aliphatic heterocycles. The van der Waals surface area contributed by atoms with Crippen LogP contribution in [0.2, 0.25) is 0 Å². The van der Waals surface area contributed by atoms with Crippen molar-refractivity contribution in [1.29, 1.82) is 0 Å². The van der Waals surface area contributed by atoms with Gasteiger partial charge in [0.2, 0.25) is 5.91 Å². The molecule has 0 aromatic rings. The number of allylic oxidation sites excluding steroid dienone is 1. The van der Waals surface area contributed by atoms with Gasteiger partial charge in [-0.15, -0.1) is 0 Å². The van der Waals surface area contributed by atoms with E-state index in [4.69, 9.17) is 5.73 Å². The zero-order valence-electron chi connectivity index (χ0n) is 9.02. The predicted molar refractivity (Wildman–Crippen MR) is 56.3 cm³/mol. The van der Waals surface area contributed by atoms with E-state index < -0.39 is 0 Å². The van der Waals surface area contributed by atoms with Crippen LogP contribution in [0, 0.1) is 0 Å². The minimum atomic E-state index is -0.270. The zero-order chi connectivity index (χ0) is 10.3. The average molecular weight is 183 g/mol. The summed E-state index contributed by atoms with van der Waals surface area (Å²) in [6.07, 6.45) is 5.59. The molecular formula is C11H21NO. The molecule has 0 spiro atoms. The van der Waals surface area contributed by atoms with Crippen LogP contribution in [0.3, 0.4) is 0 Å². The number of primary amides is 1. The van der Waals surface area contributed by atoms with E-state index in [9.17, 15) is 4.79 Å². The SMILES string of the molecule is CCCCC/C(CC)=C(/C)C(N)=O. The second-order valence-electron chi connectivity index (χ2n) is 3.40. The van der Waals surface area contributed by atoms with Crippen molar-refractivity contribution in [3.63, 3.8) is 0 Å². The van der Waals surface area contributed by atoms with E-state index in [0.29, 0.717) is 0 Å². The van der Waals surface area contributed by atoms with Gasteiger partial charge in [-0.2, -0.15) is 0 Å². The Bertz CT molecular complexity index is 194. The third-order valence-corrected chi connectivity index (χ3v) is 2.41. The number of carbonyl (C=O) groups is 1. The minimum absolute atomic E-state index is 0.270. The van der Waals surface area contributed by atoms with Gasteiger partial charge in [0.1, 0.15) is 0 Å². The smallest absolute Gasteiger partial charge is 0.244 e. The van der Waals surface area contributed by atoms with Gasteiger partial charge in [0, 0.05) is 5.57 Å². The fourth-order valence-corrected chi connectivity index (χ4v) is 1.39. The maximum absolute atomic E-state index is 10.9. The van der Waals surface area contributed by atoms with Gasteiger partial charge in [0.05, 0.1) is 0 Å².